The minimum absolute atomic E-state index is 0.153. The lowest BCUT2D eigenvalue weighted by atomic mass is 10.2. The van der Waals surface area contributed by atoms with Crippen molar-refractivity contribution < 1.29 is 17.9 Å². The van der Waals surface area contributed by atoms with Crippen LogP contribution < -0.4 is 10.2 Å². The second-order valence-electron chi connectivity index (χ2n) is 7.90. The summed E-state index contributed by atoms with van der Waals surface area (Å²) in [4.78, 5) is 15.1. The van der Waals surface area contributed by atoms with Gasteiger partial charge in [-0.05, 0) is 30.7 Å². The highest BCUT2D eigenvalue weighted by molar-refractivity contribution is 7.99. The van der Waals surface area contributed by atoms with Crippen molar-refractivity contribution in [2.24, 2.45) is 0 Å². The molecule has 0 radical (unpaired) electrons. The molecule has 0 unspecified atom stereocenters. The number of morpholine rings is 1. The molecular formula is C24H33N3O4S2. The fraction of sp³-hybridized carbons (Fsp3) is 0.458. The van der Waals surface area contributed by atoms with E-state index in [4.69, 9.17) is 4.74 Å². The average molecular weight is 492 g/mol. The highest BCUT2D eigenvalue weighted by Crippen LogP contribution is 2.31. The molecule has 1 N–H and O–H groups in total. The maximum absolute atomic E-state index is 13.1. The molecule has 0 spiro atoms. The Kier molecular flexibility index (Phi) is 9.19. The molecule has 1 amide bonds. The summed E-state index contributed by atoms with van der Waals surface area (Å²) < 4.78 is 33.0. The van der Waals surface area contributed by atoms with Gasteiger partial charge in [0.25, 0.3) is 0 Å². The van der Waals surface area contributed by atoms with Gasteiger partial charge in [0.2, 0.25) is 15.9 Å². The lowest BCUT2D eigenvalue weighted by Gasteiger charge is -2.31. The van der Waals surface area contributed by atoms with Gasteiger partial charge >= 0.3 is 0 Å². The first-order valence-corrected chi connectivity index (χ1v) is 13.8. The number of hydrogen-bond acceptors (Lipinski definition) is 6. The molecule has 33 heavy (non-hydrogen) atoms. The number of aryl methyl sites for hydroxylation is 1. The standard InChI is InChI=1S/C24H33N3O4S2/c1-4-27(5-2)33(29,30)21-9-10-23(26-11-13-31-14-12-26)22(16-21)25-24(28)18-32-17-20-8-6-7-19(3)15-20/h6-10,15-16H,4-5,11-14,17-18H2,1-3H3,(H,25,28). The number of nitrogens with one attached hydrogen (secondary N) is 1. The first-order chi connectivity index (χ1) is 15.8. The first kappa shape index (κ1) is 25.6. The number of amides is 1. The van der Waals surface area contributed by atoms with Crippen molar-refractivity contribution in [3.8, 4) is 0 Å². The molecule has 1 aliphatic rings. The third-order valence-corrected chi connectivity index (χ3v) is 8.57. The van der Waals surface area contributed by atoms with Gasteiger partial charge in [0.15, 0.2) is 0 Å². The van der Waals surface area contributed by atoms with Crippen LogP contribution in [0.5, 0.6) is 0 Å². The first-order valence-electron chi connectivity index (χ1n) is 11.2. The molecule has 1 saturated heterocycles. The smallest absolute Gasteiger partial charge is 0.243 e. The predicted molar refractivity (Wildman–Crippen MR) is 136 cm³/mol. The SMILES string of the molecule is CCN(CC)S(=O)(=O)c1ccc(N2CCOCC2)c(NC(=O)CSCc2cccc(C)c2)c1. The number of carbonyl (C=O) groups excluding carboxylic acids is 1. The predicted octanol–water partition coefficient (Wildman–Crippen LogP) is 3.73. The molecule has 2 aromatic carbocycles. The molecule has 7 nitrogen and oxygen atoms in total. The maximum atomic E-state index is 13.1. The topological polar surface area (TPSA) is 79.0 Å². The van der Waals surface area contributed by atoms with E-state index in [2.05, 4.69) is 22.3 Å². The van der Waals surface area contributed by atoms with Crippen molar-refractivity contribution >= 4 is 39.1 Å². The van der Waals surface area contributed by atoms with E-state index in [-0.39, 0.29) is 16.6 Å². The molecule has 1 fully saturated rings. The van der Waals surface area contributed by atoms with Crippen molar-refractivity contribution in [1.29, 1.82) is 0 Å². The third kappa shape index (κ3) is 6.72. The summed E-state index contributed by atoms with van der Waals surface area (Å²) in [6.07, 6.45) is 0. The zero-order valence-corrected chi connectivity index (χ0v) is 21.2. The minimum atomic E-state index is -3.63. The Morgan fingerprint density at radius 2 is 1.85 bits per heavy atom. The van der Waals surface area contributed by atoms with Gasteiger partial charge in [0, 0.05) is 31.9 Å². The Labute approximate surface area is 201 Å². The van der Waals surface area contributed by atoms with Crippen LogP contribution in [-0.2, 0) is 25.3 Å². The van der Waals surface area contributed by atoms with Crippen molar-refractivity contribution in [1.82, 2.24) is 4.31 Å². The highest BCUT2D eigenvalue weighted by Gasteiger charge is 2.24. The molecule has 0 bridgehead atoms. The molecule has 9 heteroatoms. The van der Waals surface area contributed by atoms with Crippen LogP contribution in [0.3, 0.4) is 0 Å². The number of nitrogens with zero attached hydrogens (tertiary/aromatic N) is 2. The Balaban J connectivity index is 1.78. The van der Waals surface area contributed by atoms with E-state index in [9.17, 15) is 13.2 Å². The molecular weight excluding hydrogens is 458 g/mol. The summed E-state index contributed by atoms with van der Waals surface area (Å²) in [6.45, 7) is 9.03. The van der Waals surface area contributed by atoms with E-state index in [1.165, 1.54) is 27.2 Å². The number of benzene rings is 2. The van der Waals surface area contributed by atoms with Crippen LogP contribution in [0.2, 0.25) is 0 Å². The van der Waals surface area contributed by atoms with Gasteiger partial charge in [0.05, 0.1) is 35.2 Å². The second-order valence-corrected chi connectivity index (χ2v) is 10.8. The summed E-state index contributed by atoms with van der Waals surface area (Å²) >= 11 is 1.53. The van der Waals surface area contributed by atoms with Crippen LogP contribution in [0, 0.1) is 6.92 Å². The number of carbonyl (C=O) groups is 1. The van der Waals surface area contributed by atoms with E-state index in [0.717, 1.165) is 11.4 Å². The summed E-state index contributed by atoms with van der Waals surface area (Å²) in [5.74, 6) is 0.866. The van der Waals surface area contributed by atoms with Crippen LogP contribution in [0.4, 0.5) is 11.4 Å². The van der Waals surface area contributed by atoms with E-state index in [1.807, 2.05) is 32.9 Å². The zero-order valence-electron chi connectivity index (χ0n) is 19.5. The third-order valence-electron chi connectivity index (χ3n) is 5.52. The quantitative estimate of drug-likeness (QED) is 0.546. The Hall–Kier alpha value is -2.07. The van der Waals surface area contributed by atoms with Crippen molar-refractivity contribution in [3.05, 3.63) is 53.6 Å². The Morgan fingerprint density at radius 3 is 2.52 bits per heavy atom. The van der Waals surface area contributed by atoms with Gasteiger partial charge < -0.3 is 15.0 Å². The number of hydrogen-bond donors (Lipinski definition) is 1. The van der Waals surface area contributed by atoms with Crippen LogP contribution in [0.25, 0.3) is 0 Å². The number of ether oxygens (including phenoxy) is 1. The highest BCUT2D eigenvalue weighted by atomic mass is 32.2. The van der Waals surface area contributed by atoms with Gasteiger partial charge in [-0.25, -0.2) is 8.42 Å². The largest absolute Gasteiger partial charge is 0.378 e. The summed E-state index contributed by atoms with van der Waals surface area (Å²) in [6, 6.07) is 13.2. The maximum Gasteiger partial charge on any atom is 0.243 e. The second kappa shape index (κ2) is 11.9. The molecule has 0 atom stereocenters. The van der Waals surface area contributed by atoms with Crippen LogP contribution in [0.1, 0.15) is 25.0 Å². The monoisotopic (exact) mass is 491 g/mol. The van der Waals surface area contributed by atoms with E-state index in [0.29, 0.717) is 45.1 Å². The van der Waals surface area contributed by atoms with Crippen molar-refractivity contribution in [3.63, 3.8) is 0 Å². The summed E-state index contributed by atoms with van der Waals surface area (Å²) in [5, 5.41) is 2.97. The minimum Gasteiger partial charge on any atom is -0.378 e. The fourth-order valence-corrected chi connectivity index (χ4v) is 6.08. The molecule has 3 rings (SSSR count). The van der Waals surface area contributed by atoms with Crippen molar-refractivity contribution in [2.45, 2.75) is 31.4 Å². The molecule has 1 heterocycles. The van der Waals surface area contributed by atoms with E-state index >= 15 is 0 Å². The Bertz CT molecular complexity index is 1050. The molecule has 0 aromatic heterocycles. The average Bonchev–Trinajstić information content (AvgIpc) is 2.80. The van der Waals surface area contributed by atoms with Crippen molar-refractivity contribution in [2.75, 3.05) is 55.4 Å². The van der Waals surface area contributed by atoms with Crippen LogP contribution >= 0.6 is 11.8 Å². The van der Waals surface area contributed by atoms with Crippen LogP contribution in [0.15, 0.2) is 47.4 Å². The normalized spacial score (nSPS) is 14.5. The van der Waals surface area contributed by atoms with Gasteiger partial charge in [-0.3, -0.25) is 4.79 Å². The molecule has 0 aliphatic carbocycles. The lowest BCUT2D eigenvalue weighted by Crippen LogP contribution is -2.37. The number of sulfonamides is 1. The summed E-state index contributed by atoms with van der Waals surface area (Å²) in [5.41, 5.74) is 3.70. The van der Waals surface area contributed by atoms with Gasteiger partial charge in [0.1, 0.15) is 0 Å². The van der Waals surface area contributed by atoms with Crippen LogP contribution in [-0.4, -0.2) is 63.8 Å². The van der Waals surface area contributed by atoms with E-state index in [1.54, 1.807) is 18.2 Å². The van der Waals surface area contributed by atoms with Gasteiger partial charge in [-0.15, -0.1) is 11.8 Å². The molecule has 0 saturated carbocycles. The lowest BCUT2D eigenvalue weighted by molar-refractivity contribution is -0.113. The summed E-state index contributed by atoms with van der Waals surface area (Å²) in [7, 11) is -3.63. The van der Waals surface area contributed by atoms with E-state index < -0.39 is 10.0 Å². The number of rotatable bonds is 10. The Morgan fingerprint density at radius 1 is 1.12 bits per heavy atom. The number of thioether (sulfide) groups is 1. The fourth-order valence-electron chi connectivity index (χ4n) is 3.82. The number of anilines is 2. The molecule has 2 aromatic rings. The van der Waals surface area contributed by atoms with Gasteiger partial charge in [-0.1, -0.05) is 43.7 Å². The van der Waals surface area contributed by atoms with Gasteiger partial charge in [-0.2, -0.15) is 4.31 Å². The molecule has 180 valence electrons. The molecule has 1 aliphatic heterocycles. The zero-order chi connectivity index (χ0) is 23.8.